The van der Waals surface area contributed by atoms with Crippen LogP contribution in [-0.4, -0.2) is 30.0 Å². The number of amides is 1. The molecule has 1 fully saturated rings. The van der Waals surface area contributed by atoms with Crippen LogP contribution < -0.4 is 0 Å². The molecule has 3 heteroatoms. The summed E-state index contributed by atoms with van der Waals surface area (Å²) in [6, 6.07) is 0.465. The number of carbonyl (C=O) groups excluding carboxylic acids is 1. The quantitative estimate of drug-likeness (QED) is 0.683. The molecular formula is C11H17NO2. The van der Waals surface area contributed by atoms with Crippen LogP contribution in [-0.2, 0) is 9.53 Å². The van der Waals surface area contributed by atoms with Crippen molar-refractivity contribution in [1.29, 1.82) is 0 Å². The van der Waals surface area contributed by atoms with Gasteiger partial charge >= 0.3 is 0 Å². The van der Waals surface area contributed by atoms with E-state index in [1.165, 1.54) is 0 Å². The van der Waals surface area contributed by atoms with Gasteiger partial charge in [0.1, 0.15) is 5.76 Å². The molecule has 0 aromatic rings. The first kappa shape index (κ1) is 9.56. The predicted octanol–water partition coefficient (Wildman–Crippen LogP) is 1.55. The Bertz CT molecular complexity index is 266. The molecule has 0 aromatic heterocycles. The SMILES string of the molecule is CCOC1=CC(=O)N([C@H]2C[C@H](C)C2)C1. The van der Waals surface area contributed by atoms with Crippen LogP contribution in [0.15, 0.2) is 11.8 Å². The number of rotatable bonds is 3. The van der Waals surface area contributed by atoms with E-state index >= 15 is 0 Å². The first-order chi connectivity index (χ1) is 6.70. The molecule has 3 nitrogen and oxygen atoms in total. The lowest BCUT2D eigenvalue weighted by atomic mass is 9.81. The van der Waals surface area contributed by atoms with Gasteiger partial charge in [0.25, 0.3) is 5.91 Å². The number of hydrogen-bond acceptors (Lipinski definition) is 2. The standard InChI is InChI=1S/C11H17NO2/c1-3-14-10-6-11(13)12(7-10)9-4-8(2)5-9/h6,8-9H,3-5,7H2,1-2H3/t8-,9-. The van der Waals surface area contributed by atoms with Crippen molar-refractivity contribution in [1.82, 2.24) is 4.90 Å². The van der Waals surface area contributed by atoms with Crippen LogP contribution in [0.3, 0.4) is 0 Å². The molecular weight excluding hydrogens is 178 g/mol. The summed E-state index contributed by atoms with van der Waals surface area (Å²) in [5.74, 6) is 1.74. The molecule has 1 aliphatic carbocycles. The second-order valence-electron chi connectivity index (χ2n) is 4.24. The van der Waals surface area contributed by atoms with Crippen LogP contribution in [0.2, 0.25) is 0 Å². The van der Waals surface area contributed by atoms with Gasteiger partial charge in [-0.05, 0) is 25.7 Å². The van der Waals surface area contributed by atoms with Crippen molar-refractivity contribution in [3.63, 3.8) is 0 Å². The largest absolute Gasteiger partial charge is 0.496 e. The van der Waals surface area contributed by atoms with Crippen LogP contribution in [0, 0.1) is 5.92 Å². The van der Waals surface area contributed by atoms with Crippen molar-refractivity contribution in [3.8, 4) is 0 Å². The Morgan fingerprint density at radius 3 is 2.86 bits per heavy atom. The van der Waals surface area contributed by atoms with Crippen molar-refractivity contribution in [2.75, 3.05) is 13.2 Å². The minimum absolute atomic E-state index is 0.130. The van der Waals surface area contributed by atoms with E-state index in [0.29, 0.717) is 19.2 Å². The van der Waals surface area contributed by atoms with E-state index in [1.54, 1.807) is 6.08 Å². The molecule has 0 N–H and O–H groups in total. The summed E-state index contributed by atoms with van der Waals surface area (Å²) in [4.78, 5) is 13.5. The van der Waals surface area contributed by atoms with Gasteiger partial charge in [-0.25, -0.2) is 0 Å². The van der Waals surface area contributed by atoms with E-state index in [9.17, 15) is 4.79 Å². The zero-order valence-electron chi connectivity index (χ0n) is 8.82. The molecule has 14 heavy (non-hydrogen) atoms. The monoisotopic (exact) mass is 195 g/mol. The summed E-state index contributed by atoms with van der Waals surface area (Å²) in [6.45, 7) is 5.51. The normalized spacial score (nSPS) is 31.4. The van der Waals surface area contributed by atoms with Crippen molar-refractivity contribution in [2.45, 2.75) is 32.7 Å². The fourth-order valence-corrected chi connectivity index (χ4v) is 2.21. The lowest BCUT2D eigenvalue weighted by Gasteiger charge is -2.39. The van der Waals surface area contributed by atoms with E-state index in [0.717, 1.165) is 24.5 Å². The molecule has 0 unspecified atom stereocenters. The van der Waals surface area contributed by atoms with Gasteiger partial charge in [-0.1, -0.05) is 6.92 Å². The summed E-state index contributed by atoms with van der Waals surface area (Å²) >= 11 is 0. The summed E-state index contributed by atoms with van der Waals surface area (Å²) in [7, 11) is 0. The van der Waals surface area contributed by atoms with Crippen LogP contribution in [0.5, 0.6) is 0 Å². The molecule has 1 saturated carbocycles. The summed E-state index contributed by atoms with van der Waals surface area (Å²) in [5.41, 5.74) is 0. The second-order valence-corrected chi connectivity index (χ2v) is 4.24. The van der Waals surface area contributed by atoms with E-state index in [4.69, 9.17) is 4.74 Å². The Hall–Kier alpha value is -0.990. The maximum Gasteiger partial charge on any atom is 0.250 e. The molecule has 1 aliphatic heterocycles. The molecule has 2 rings (SSSR count). The van der Waals surface area contributed by atoms with E-state index in [1.807, 2.05) is 11.8 Å². The minimum Gasteiger partial charge on any atom is -0.496 e. The van der Waals surface area contributed by atoms with Crippen LogP contribution in [0.4, 0.5) is 0 Å². The summed E-state index contributed by atoms with van der Waals surface area (Å²) < 4.78 is 5.35. The third kappa shape index (κ3) is 1.63. The fraction of sp³-hybridized carbons (Fsp3) is 0.727. The van der Waals surface area contributed by atoms with Gasteiger partial charge in [-0.15, -0.1) is 0 Å². The Kier molecular flexibility index (Phi) is 2.48. The van der Waals surface area contributed by atoms with Crippen molar-refractivity contribution >= 4 is 5.91 Å². The fourth-order valence-electron chi connectivity index (χ4n) is 2.21. The first-order valence-corrected chi connectivity index (χ1v) is 5.34. The van der Waals surface area contributed by atoms with Crippen molar-refractivity contribution in [3.05, 3.63) is 11.8 Å². The van der Waals surface area contributed by atoms with Gasteiger partial charge in [0, 0.05) is 12.1 Å². The highest BCUT2D eigenvalue weighted by Gasteiger charge is 2.36. The molecule has 0 spiro atoms. The van der Waals surface area contributed by atoms with Crippen LogP contribution >= 0.6 is 0 Å². The molecule has 1 amide bonds. The predicted molar refractivity (Wildman–Crippen MR) is 53.6 cm³/mol. The highest BCUT2D eigenvalue weighted by atomic mass is 16.5. The molecule has 0 aromatic carbocycles. The lowest BCUT2D eigenvalue weighted by molar-refractivity contribution is -0.129. The molecule has 0 atom stereocenters. The number of carbonyl (C=O) groups is 1. The summed E-state index contributed by atoms with van der Waals surface area (Å²) in [6.07, 6.45) is 3.93. The Morgan fingerprint density at radius 1 is 1.57 bits per heavy atom. The van der Waals surface area contributed by atoms with E-state index in [2.05, 4.69) is 6.92 Å². The molecule has 0 bridgehead atoms. The maximum atomic E-state index is 11.6. The molecule has 1 heterocycles. The number of hydrogen-bond donors (Lipinski definition) is 0. The van der Waals surface area contributed by atoms with Gasteiger partial charge in [0.15, 0.2) is 0 Å². The first-order valence-electron chi connectivity index (χ1n) is 5.34. The van der Waals surface area contributed by atoms with Gasteiger partial charge < -0.3 is 9.64 Å². The molecule has 78 valence electrons. The third-order valence-electron chi connectivity index (χ3n) is 3.01. The zero-order valence-corrected chi connectivity index (χ0v) is 8.82. The molecule has 0 radical (unpaired) electrons. The third-order valence-corrected chi connectivity index (χ3v) is 3.01. The van der Waals surface area contributed by atoms with Gasteiger partial charge in [-0.2, -0.15) is 0 Å². The highest BCUT2D eigenvalue weighted by Crippen LogP contribution is 2.33. The van der Waals surface area contributed by atoms with Gasteiger partial charge in [0.05, 0.1) is 13.2 Å². The maximum absolute atomic E-state index is 11.6. The van der Waals surface area contributed by atoms with E-state index < -0.39 is 0 Å². The van der Waals surface area contributed by atoms with E-state index in [-0.39, 0.29) is 5.91 Å². The summed E-state index contributed by atoms with van der Waals surface area (Å²) in [5, 5.41) is 0. The van der Waals surface area contributed by atoms with Crippen molar-refractivity contribution in [2.24, 2.45) is 5.92 Å². The Morgan fingerprint density at radius 2 is 2.29 bits per heavy atom. The molecule has 0 saturated heterocycles. The van der Waals surface area contributed by atoms with Crippen LogP contribution in [0.25, 0.3) is 0 Å². The van der Waals surface area contributed by atoms with Gasteiger partial charge in [0.2, 0.25) is 0 Å². The lowest BCUT2D eigenvalue weighted by Crippen LogP contribution is -2.45. The number of nitrogens with zero attached hydrogens (tertiary/aromatic N) is 1. The molecule has 2 aliphatic rings. The average molecular weight is 195 g/mol. The minimum atomic E-state index is 0.130. The highest BCUT2D eigenvalue weighted by molar-refractivity contribution is 5.91. The zero-order chi connectivity index (χ0) is 10.1. The number of ether oxygens (including phenoxy) is 1. The Balaban J connectivity index is 1.90. The van der Waals surface area contributed by atoms with Crippen molar-refractivity contribution < 1.29 is 9.53 Å². The smallest absolute Gasteiger partial charge is 0.250 e. The second kappa shape index (κ2) is 3.64. The van der Waals surface area contributed by atoms with Crippen LogP contribution in [0.1, 0.15) is 26.7 Å². The van der Waals surface area contributed by atoms with Gasteiger partial charge in [-0.3, -0.25) is 4.79 Å². The average Bonchev–Trinajstić information content (AvgIpc) is 2.42. The topological polar surface area (TPSA) is 29.5 Å². The Labute approximate surface area is 84.7 Å².